The third-order valence-corrected chi connectivity index (χ3v) is 4.11. The quantitative estimate of drug-likeness (QED) is 0.234. The van der Waals surface area contributed by atoms with Gasteiger partial charge in [-0.2, -0.15) is 0 Å². The maximum absolute atomic E-state index is 11.7. The number of carbonyl (C=O) groups excluding carboxylic acids is 1. The molecule has 168 valence electrons. The van der Waals surface area contributed by atoms with Crippen LogP contribution in [0.1, 0.15) is 25.7 Å². The number of amides is 1. The zero-order chi connectivity index (χ0) is 21.1. The van der Waals surface area contributed by atoms with Crippen LogP contribution in [0.15, 0.2) is 0 Å². The summed E-state index contributed by atoms with van der Waals surface area (Å²) in [7, 11) is -0.207. The van der Waals surface area contributed by atoms with Crippen LogP contribution in [0.4, 0.5) is 4.79 Å². The summed E-state index contributed by atoms with van der Waals surface area (Å²) in [6.45, 7) is 4.04. The maximum atomic E-state index is 11.7. The Morgan fingerprint density at radius 1 is 0.964 bits per heavy atom. The van der Waals surface area contributed by atoms with Gasteiger partial charge in [0.1, 0.15) is 12.7 Å². The van der Waals surface area contributed by atoms with Gasteiger partial charge >= 0.3 is 13.7 Å². The summed E-state index contributed by atoms with van der Waals surface area (Å²) in [5.41, 5.74) is 0. The van der Waals surface area contributed by atoms with Crippen molar-refractivity contribution < 1.29 is 42.5 Å². The van der Waals surface area contributed by atoms with E-state index in [9.17, 15) is 9.36 Å². The first-order chi connectivity index (χ1) is 13.4. The summed E-state index contributed by atoms with van der Waals surface area (Å²) in [6, 6.07) is 0. The van der Waals surface area contributed by atoms with Crippen LogP contribution in [0.3, 0.4) is 0 Å². The first-order valence-electron chi connectivity index (χ1n) is 9.41. The van der Waals surface area contributed by atoms with Gasteiger partial charge in [-0.3, -0.25) is 4.57 Å². The fraction of sp³-hybridized carbons (Fsp3) is 0.941. The summed E-state index contributed by atoms with van der Waals surface area (Å²) in [5.74, 6) is 0. The van der Waals surface area contributed by atoms with E-state index in [1.807, 2.05) is 0 Å². The van der Waals surface area contributed by atoms with Crippen molar-refractivity contribution >= 4 is 13.7 Å². The van der Waals surface area contributed by atoms with Gasteiger partial charge in [-0.15, -0.1) is 0 Å². The number of hydrogen-bond donors (Lipinski definition) is 2. The number of ether oxygens (including phenoxy) is 5. The van der Waals surface area contributed by atoms with Crippen molar-refractivity contribution in [3.63, 3.8) is 0 Å². The number of nitrogens with one attached hydrogen (secondary N) is 1. The lowest BCUT2D eigenvalue weighted by Gasteiger charge is -2.18. The summed E-state index contributed by atoms with van der Waals surface area (Å²) in [6.07, 6.45) is 2.33. The van der Waals surface area contributed by atoms with Gasteiger partial charge in [0.15, 0.2) is 0 Å². The predicted molar refractivity (Wildman–Crippen MR) is 104 cm³/mol. The molecule has 0 fully saturated rings. The van der Waals surface area contributed by atoms with Crippen LogP contribution < -0.4 is 5.32 Å². The average molecular weight is 429 g/mol. The van der Waals surface area contributed by atoms with Gasteiger partial charge in [-0.25, -0.2) is 4.79 Å². The Morgan fingerprint density at radius 2 is 1.64 bits per heavy atom. The Morgan fingerprint density at radius 3 is 2.32 bits per heavy atom. The average Bonchev–Trinajstić information content (AvgIpc) is 2.64. The number of carbonyl (C=O) groups is 1. The molecular formula is C17H36NO9P. The van der Waals surface area contributed by atoms with Crippen LogP contribution in [0.25, 0.3) is 0 Å². The molecule has 0 rings (SSSR count). The predicted octanol–water partition coefficient (Wildman–Crippen LogP) is 1.80. The molecule has 0 saturated carbocycles. The second-order valence-corrected chi connectivity index (χ2v) is 7.99. The lowest BCUT2D eigenvalue weighted by atomic mass is 10.2. The van der Waals surface area contributed by atoms with E-state index in [4.69, 9.17) is 33.1 Å². The highest BCUT2D eigenvalue weighted by molar-refractivity contribution is 7.51. The minimum atomic E-state index is -3.38. The SMILES string of the molecule is COCCOCC(COC(=O)NCCCCCCOP(C)(=O)O)OCCOC. The normalized spacial score (nSPS) is 14.4. The molecule has 0 aromatic carbocycles. The van der Waals surface area contributed by atoms with Crippen LogP contribution >= 0.6 is 7.60 Å². The molecule has 0 aromatic rings. The first-order valence-corrected chi connectivity index (χ1v) is 11.4. The fourth-order valence-corrected chi connectivity index (χ4v) is 2.49. The van der Waals surface area contributed by atoms with Crippen molar-refractivity contribution in [2.75, 3.05) is 73.7 Å². The number of alkyl carbamates (subject to hydrolysis) is 1. The highest BCUT2D eigenvalue weighted by Gasteiger charge is 2.13. The minimum absolute atomic E-state index is 0.0815. The van der Waals surface area contributed by atoms with E-state index in [1.54, 1.807) is 14.2 Å². The Balaban J connectivity index is 3.77. The Bertz CT molecular complexity index is 419. The molecule has 0 aliphatic carbocycles. The summed E-state index contributed by atoms with van der Waals surface area (Å²) < 4.78 is 41.7. The standard InChI is InChI=1S/C17H36NO9P/c1-22-10-12-24-14-16(25-13-11-23-2)15-26-17(19)18-8-6-4-5-7-9-27-28(3,20)21/h16H,4-15H2,1-3H3,(H,18,19)(H,20,21). The van der Waals surface area contributed by atoms with E-state index in [1.165, 1.54) is 6.66 Å². The monoisotopic (exact) mass is 429 g/mol. The van der Waals surface area contributed by atoms with Gasteiger partial charge in [0.2, 0.25) is 0 Å². The first kappa shape index (κ1) is 27.3. The fourth-order valence-electron chi connectivity index (χ4n) is 2.02. The van der Waals surface area contributed by atoms with Crippen molar-refractivity contribution in [1.29, 1.82) is 0 Å². The highest BCUT2D eigenvalue weighted by atomic mass is 31.2. The van der Waals surface area contributed by atoms with E-state index >= 15 is 0 Å². The van der Waals surface area contributed by atoms with E-state index in [-0.39, 0.29) is 19.3 Å². The Hall–Kier alpha value is -0.740. The summed E-state index contributed by atoms with van der Waals surface area (Å²) >= 11 is 0. The second-order valence-electron chi connectivity index (χ2n) is 6.13. The lowest BCUT2D eigenvalue weighted by Crippen LogP contribution is -2.33. The highest BCUT2D eigenvalue weighted by Crippen LogP contribution is 2.36. The number of hydrogen-bond acceptors (Lipinski definition) is 8. The number of rotatable bonds is 19. The molecule has 0 saturated heterocycles. The van der Waals surface area contributed by atoms with E-state index < -0.39 is 13.7 Å². The molecule has 2 unspecified atom stereocenters. The van der Waals surface area contributed by atoms with E-state index in [0.29, 0.717) is 46.0 Å². The molecular weight excluding hydrogens is 393 g/mol. The van der Waals surface area contributed by atoms with Crippen molar-refractivity contribution in [3.05, 3.63) is 0 Å². The van der Waals surface area contributed by atoms with E-state index in [0.717, 1.165) is 19.3 Å². The lowest BCUT2D eigenvalue weighted by molar-refractivity contribution is -0.0624. The third-order valence-electron chi connectivity index (χ3n) is 3.45. The number of unbranched alkanes of at least 4 members (excludes halogenated alkanes) is 3. The zero-order valence-corrected chi connectivity index (χ0v) is 18.1. The van der Waals surface area contributed by atoms with Crippen LogP contribution in [0.5, 0.6) is 0 Å². The summed E-state index contributed by atoms with van der Waals surface area (Å²) in [4.78, 5) is 20.7. The molecule has 2 atom stereocenters. The van der Waals surface area contributed by atoms with Gasteiger partial charge in [0.25, 0.3) is 0 Å². The van der Waals surface area contributed by atoms with E-state index in [2.05, 4.69) is 5.32 Å². The molecule has 10 nitrogen and oxygen atoms in total. The molecule has 0 heterocycles. The zero-order valence-electron chi connectivity index (χ0n) is 17.2. The third kappa shape index (κ3) is 20.0. The van der Waals surface area contributed by atoms with Crippen molar-refractivity contribution in [2.45, 2.75) is 31.8 Å². The second kappa shape index (κ2) is 18.3. The van der Waals surface area contributed by atoms with Crippen LogP contribution in [-0.4, -0.2) is 90.8 Å². The summed E-state index contributed by atoms with van der Waals surface area (Å²) in [5, 5.41) is 2.68. The molecule has 0 radical (unpaired) electrons. The molecule has 0 spiro atoms. The molecule has 0 aliphatic heterocycles. The van der Waals surface area contributed by atoms with Crippen LogP contribution in [0.2, 0.25) is 0 Å². The van der Waals surface area contributed by atoms with Gasteiger partial charge in [0.05, 0.1) is 39.6 Å². The van der Waals surface area contributed by atoms with Crippen LogP contribution in [-0.2, 0) is 32.8 Å². The topological polar surface area (TPSA) is 122 Å². The van der Waals surface area contributed by atoms with Gasteiger partial charge in [-0.1, -0.05) is 12.8 Å². The smallest absolute Gasteiger partial charge is 0.407 e. The molecule has 1 amide bonds. The van der Waals surface area contributed by atoms with Crippen molar-refractivity contribution in [1.82, 2.24) is 5.32 Å². The largest absolute Gasteiger partial charge is 0.447 e. The Labute approximate surface area is 167 Å². The van der Waals surface area contributed by atoms with Gasteiger partial charge in [0, 0.05) is 27.4 Å². The molecule has 0 aliphatic rings. The van der Waals surface area contributed by atoms with Crippen molar-refractivity contribution in [3.8, 4) is 0 Å². The maximum Gasteiger partial charge on any atom is 0.407 e. The van der Waals surface area contributed by atoms with Crippen LogP contribution in [0, 0.1) is 0 Å². The Kier molecular flexibility index (Phi) is 17.8. The van der Waals surface area contributed by atoms with Crippen molar-refractivity contribution in [2.24, 2.45) is 0 Å². The molecule has 28 heavy (non-hydrogen) atoms. The molecule has 0 bridgehead atoms. The minimum Gasteiger partial charge on any atom is -0.447 e. The molecule has 11 heteroatoms. The van der Waals surface area contributed by atoms with Gasteiger partial charge in [-0.05, 0) is 12.8 Å². The number of methoxy groups -OCH3 is 2. The molecule has 0 aromatic heterocycles. The van der Waals surface area contributed by atoms with Gasteiger partial charge < -0.3 is 38.4 Å². The molecule has 2 N–H and O–H groups in total.